The highest BCUT2D eigenvalue weighted by Gasteiger charge is 2.10. The number of rotatable bonds is 7. The maximum absolute atomic E-state index is 11.4. The molecular weight excluding hydrogens is 202 g/mol. The zero-order chi connectivity index (χ0) is 11.0. The lowest BCUT2D eigenvalue weighted by molar-refractivity contribution is -0.127. The van der Waals surface area contributed by atoms with Crippen molar-refractivity contribution in [2.75, 3.05) is 31.2 Å². The molecule has 0 aliphatic carbocycles. The Kier molecular flexibility index (Phi) is 7.93. The van der Waals surface area contributed by atoms with E-state index in [0.717, 1.165) is 13.1 Å². The molecule has 0 saturated carbocycles. The lowest BCUT2D eigenvalue weighted by Crippen LogP contribution is -2.32. The molecule has 5 heteroatoms. The third kappa shape index (κ3) is 5.47. The van der Waals surface area contributed by atoms with Gasteiger partial charge in [0.15, 0.2) is 0 Å². The van der Waals surface area contributed by atoms with Gasteiger partial charge in [-0.05, 0) is 13.8 Å². The van der Waals surface area contributed by atoms with Gasteiger partial charge >= 0.3 is 0 Å². The van der Waals surface area contributed by atoms with Gasteiger partial charge in [-0.3, -0.25) is 4.79 Å². The number of hydrogen-bond donors (Lipinski definition) is 2. The van der Waals surface area contributed by atoms with Crippen molar-refractivity contribution in [3.05, 3.63) is 0 Å². The monoisotopic (exact) mass is 221 g/mol. The van der Waals surface area contributed by atoms with Crippen LogP contribution in [-0.4, -0.2) is 58.3 Å². The molecule has 0 aromatic carbocycles. The van der Waals surface area contributed by atoms with Crippen molar-refractivity contribution in [2.24, 2.45) is 0 Å². The zero-order valence-electron chi connectivity index (χ0n) is 8.77. The molecular formula is C9H19NO3S. The summed E-state index contributed by atoms with van der Waals surface area (Å²) < 4.78 is 0. The predicted octanol–water partition coefficient (Wildman–Crippen LogP) is -0.0588. The molecule has 0 aliphatic rings. The summed E-state index contributed by atoms with van der Waals surface area (Å²) in [5.74, 6) is 0.868. The SMILES string of the molecule is CCN(CC)C(=O)CSCC(O)CO. The maximum Gasteiger partial charge on any atom is 0.232 e. The summed E-state index contributed by atoms with van der Waals surface area (Å²) in [4.78, 5) is 13.2. The third-order valence-electron chi connectivity index (χ3n) is 1.86. The fourth-order valence-electron chi connectivity index (χ4n) is 1.00. The van der Waals surface area contributed by atoms with Crippen LogP contribution in [0.4, 0.5) is 0 Å². The second-order valence-corrected chi connectivity index (χ2v) is 3.95. The summed E-state index contributed by atoms with van der Waals surface area (Å²) in [6.45, 7) is 5.08. The Morgan fingerprint density at radius 2 is 2.00 bits per heavy atom. The van der Waals surface area contributed by atoms with Gasteiger partial charge in [0.1, 0.15) is 0 Å². The van der Waals surface area contributed by atoms with Crippen LogP contribution in [0.3, 0.4) is 0 Å². The highest BCUT2D eigenvalue weighted by molar-refractivity contribution is 7.99. The van der Waals surface area contributed by atoms with Gasteiger partial charge in [0.2, 0.25) is 5.91 Å². The molecule has 84 valence electrons. The van der Waals surface area contributed by atoms with E-state index in [1.165, 1.54) is 11.8 Å². The average Bonchev–Trinajstić information content (AvgIpc) is 2.19. The molecule has 2 N–H and O–H groups in total. The van der Waals surface area contributed by atoms with Crippen LogP contribution in [0.2, 0.25) is 0 Å². The minimum Gasteiger partial charge on any atom is -0.394 e. The highest BCUT2D eigenvalue weighted by Crippen LogP contribution is 2.04. The summed E-state index contributed by atoms with van der Waals surface area (Å²) >= 11 is 1.35. The van der Waals surface area contributed by atoms with Gasteiger partial charge in [-0.2, -0.15) is 0 Å². The van der Waals surface area contributed by atoms with Crippen molar-refractivity contribution < 1.29 is 15.0 Å². The number of carbonyl (C=O) groups is 1. The second-order valence-electron chi connectivity index (χ2n) is 2.92. The molecule has 0 heterocycles. The van der Waals surface area contributed by atoms with Gasteiger partial charge in [0.05, 0.1) is 18.5 Å². The Morgan fingerprint density at radius 3 is 2.43 bits per heavy atom. The van der Waals surface area contributed by atoms with Crippen molar-refractivity contribution in [1.29, 1.82) is 0 Å². The molecule has 1 unspecified atom stereocenters. The average molecular weight is 221 g/mol. The lowest BCUT2D eigenvalue weighted by atomic mass is 10.4. The summed E-state index contributed by atoms with van der Waals surface area (Å²) in [6, 6.07) is 0. The minimum atomic E-state index is -0.718. The Morgan fingerprint density at radius 1 is 1.43 bits per heavy atom. The van der Waals surface area contributed by atoms with E-state index in [1.54, 1.807) is 4.90 Å². The van der Waals surface area contributed by atoms with Crippen molar-refractivity contribution >= 4 is 17.7 Å². The number of nitrogens with zero attached hydrogens (tertiary/aromatic N) is 1. The Bertz CT molecular complexity index is 162. The zero-order valence-corrected chi connectivity index (χ0v) is 9.59. The van der Waals surface area contributed by atoms with Crippen molar-refractivity contribution in [2.45, 2.75) is 20.0 Å². The standard InChI is InChI=1S/C9H19NO3S/c1-3-10(4-2)9(13)7-14-6-8(12)5-11/h8,11-12H,3-7H2,1-2H3. The second kappa shape index (κ2) is 8.08. The summed E-state index contributed by atoms with van der Waals surface area (Å²) in [5, 5.41) is 17.6. The molecule has 0 aromatic heterocycles. The molecule has 14 heavy (non-hydrogen) atoms. The number of hydrogen-bond acceptors (Lipinski definition) is 4. The lowest BCUT2D eigenvalue weighted by Gasteiger charge is -2.18. The maximum atomic E-state index is 11.4. The van der Waals surface area contributed by atoms with Crippen molar-refractivity contribution in [3.8, 4) is 0 Å². The third-order valence-corrected chi connectivity index (χ3v) is 2.93. The Balaban J connectivity index is 3.62. The summed E-state index contributed by atoms with van der Waals surface area (Å²) in [6.07, 6.45) is -0.718. The quantitative estimate of drug-likeness (QED) is 0.632. The van der Waals surface area contributed by atoms with Crippen LogP contribution < -0.4 is 0 Å². The van der Waals surface area contributed by atoms with E-state index in [4.69, 9.17) is 10.2 Å². The van der Waals surface area contributed by atoms with E-state index >= 15 is 0 Å². The normalized spacial score (nSPS) is 12.6. The van der Waals surface area contributed by atoms with Crippen molar-refractivity contribution in [1.82, 2.24) is 4.90 Å². The molecule has 4 nitrogen and oxygen atoms in total. The van der Waals surface area contributed by atoms with Gasteiger partial charge in [0, 0.05) is 18.8 Å². The number of thioether (sulfide) groups is 1. The first-order chi connectivity index (χ1) is 6.65. The largest absolute Gasteiger partial charge is 0.394 e. The Labute approximate surface area is 89.3 Å². The molecule has 0 aliphatic heterocycles. The highest BCUT2D eigenvalue weighted by atomic mass is 32.2. The minimum absolute atomic E-state index is 0.0881. The van der Waals surface area contributed by atoms with Crippen LogP contribution in [0.15, 0.2) is 0 Å². The molecule has 0 spiro atoms. The van der Waals surface area contributed by atoms with Crippen molar-refractivity contribution in [3.63, 3.8) is 0 Å². The summed E-state index contributed by atoms with van der Waals surface area (Å²) in [5.41, 5.74) is 0. The van der Waals surface area contributed by atoms with Gasteiger partial charge < -0.3 is 15.1 Å². The van der Waals surface area contributed by atoms with Gasteiger partial charge in [0.25, 0.3) is 0 Å². The van der Waals surface area contributed by atoms with Gasteiger partial charge in [-0.15, -0.1) is 11.8 Å². The predicted molar refractivity (Wildman–Crippen MR) is 58.3 cm³/mol. The van der Waals surface area contributed by atoms with Crippen LogP contribution in [-0.2, 0) is 4.79 Å². The number of carbonyl (C=O) groups excluding carboxylic acids is 1. The number of aliphatic hydroxyl groups excluding tert-OH is 2. The van der Waals surface area contributed by atoms with E-state index in [1.807, 2.05) is 13.8 Å². The fourth-order valence-corrected chi connectivity index (χ4v) is 1.86. The molecule has 0 rings (SSSR count). The first-order valence-electron chi connectivity index (χ1n) is 4.80. The van der Waals surface area contributed by atoms with E-state index in [2.05, 4.69) is 0 Å². The number of aliphatic hydroxyl groups is 2. The van der Waals surface area contributed by atoms with E-state index in [9.17, 15) is 4.79 Å². The molecule has 0 bridgehead atoms. The molecule has 0 fully saturated rings. The molecule has 1 amide bonds. The van der Waals surface area contributed by atoms with Crippen LogP contribution in [0.5, 0.6) is 0 Å². The first kappa shape index (κ1) is 13.7. The van der Waals surface area contributed by atoms with E-state index in [-0.39, 0.29) is 12.5 Å². The van der Waals surface area contributed by atoms with Crippen LogP contribution in [0.25, 0.3) is 0 Å². The molecule has 0 aromatic rings. The number of amides is 1. The molecule has 0 radical (unpaired) electrons. The van der Waals surface area contributed by atoms with Crippen LogP contribution in [0.1, 0.15) is 13.8 Å². The molecule has 1 atom stereocenters. The van der Waals surface area contributed by atoms with E-state index in [0.29, 0.717) is 11.5 Å². The van der Waals surface area contributed by atoms with Crippen LogP contribution in [0, 0.1) is 0 Å². The van der Waals surface area contributed by atoms with E-state index < -0.39 is 6.10 Å². The fraction of sp³-hybridized carbons (Fsp3) is 0.889. The molecule has 0 saturated heterocycles. The topological polar surface area (TPSA) is 60.8 Å². The first-order valence-corrected chi connectivity index (χ1v) is 5.95. The smallest absolute Gasteiger partial charge is 0.232 e. The summed E-state index contributed by atoms with van der Waals surface area (Å²) in [7, 11) is 0. The Hall–Kier alpha value is -0.260. The van der Waals surface area contributed by atoms with Crippen LogP contribution >= 0.6 is 11.8 Å². The van der Waals surface area contributed by atoms with Gasteiger partial charge in [-0.1, -0.05) is 0 Å². The van der Waals surface area contributed by atoms with Gasteiger partial charge in [-0.25, -0.2) is 0 Å².